The third-order valence-electron chi connectivity index (χ3n) is 4.69. The van der Waals surface area contributed by atoms with Gasteiger partial charge in [0.15, 0.2) is 17.0 Å². The van der Waals surface area contributed by atoms with Gasteiger partial charge < -0.3 is 20.9 Å². The lowest BCUT2D eigenvalue weighted by Gasteiger charge is -2.24. The van der Waals surface area contributed by atoms with Crippen molar-refractivity contribution in [3.63, 3.8) is 0 Å². The van der Waals surface area contributed by atoms with E-state index in [2.05, 4.69) is 15.3 Å². The van der Waals surface area contributed by atoms with Gasteiger partial charge in [0.1, 0.15) is 5.82 Å². The molecule has 0 saturated carbocycles. The maximum atomic E-state index is 13.8. The molecule has 1 saturated heterocycles. The van der Waals surface area contributed by atoms with E-state index in [1.54, 1.807) is 12.5 Å². The van der Waals surface area contributed by atoms with Gasteiger partial charge in [0, 0.05) is 55.7 Å². The molecule has 2 atom stereocenters. The molecule has 12 heteroatoms. The number of halogens is 4. The van der Waals surface area contributed by atoms with Crippen molar-refractivity contribution in [3.8, 4) is 0 Å². The second-order valence-electron chi connectivity index (χ2n) is 6.95. The van der Waals surface area contributed by atoms with Gasteiger partial charge in [0.05, 0.1) is 6.33 Å². The van der Waals surface area contributed by atoms with Crippen LogP contribution >= 0.6 is 24.2 Å². The van der Waals surface area contributed by atoms with Crippen LogP contribution in [0.15, 0.2) is 24.7 Å². The van der Waals surface area contributed by atoms with Gasteiger partial charge in [-0.1, -0.05) is 0 Å². The van der Waals surface area contributed by atoms with Gasteiger partial charge in [0.2, 0.25) is 5.91 Å². The lowest BCUT2D eigenvalue weighted by molar-refractivity contribution is -0.136. The van der Waals surface area contributed by atoms with Crippen LogP contribution in [-0.2, 0) is 22.4 Å². The molecule has 4 N–H and O–H groups in total. The van der Waals surface area contributed by atoms with Gasteiger partial charge in [-0.15, -0.1) is 24.2 Å². The van der Waals surface area contributed by atoms with Crippen LogP contribution in [0.2, 0.25) is 0 Å². The van der Waals surface area contributed by atoms with Crippen molar-refractivity contribution < 1.29 is 22.8 Å². The highest BCUT2D eigenvalue weighted by Crippen LogP contribution is 2.25. The van der Waals surface area contributed by atoms with Crippen LogP contribution in [-0.4, -0.2) is 56.9 Å². The first-order valence-corrected chi connectivity index (χ1v) is 10.4. The van der Waals surface area contributed by atoms with Crippen molar-refractivity contribution in [2.75, 3.05) is 18.8 Å². The lowest BCUT2D eigenvalue weighted by atomic mass is 10.0. The van der Waals surface area contributed by atoms with Gasteiger partial charge >= 0.3 is 0 Å². The molecule has 3 rings (SSSR count). The molecule has 1 aromatic carbocycles. The van der Waals surface area contributed by atoms with E-state index in [4.69, 9.17) is 5.73 Å². The molecule has 170 valence electrons. The average Bonchev–Trinajstić information content (AvgIpc) is 3.37. The summed E-state index contributed by atoms with van der Waals surface area (Å²) in [4.78, 5) is 33.4. The van der Waals surface area contributed by atoms with Crippen LogP contribution in [0.3, 0.4) is 0 Å². The number of H-pyrrole nitrogens is 1. The van der Waals surface area contributed by atoms with Crippen molar-refractivity contribution in [2.45, 2.75) is 30.7 Å². The third-order valence-corrected chi connectivity index (χ3v) is 5.89. The van der Waals surface area contributed by atoms with Crippen LogP contribution in [0.5, 0.6) is 0 Å². The smallest absolute Gasteiger partial charge is 0.253 e. The van der Waals surface area contributed by atoms with E-state index in [0.717, 1.165) is 11.8 Å². The third kappa shape index (κ3) is 6.62. The van der Waals surface area contributed by atoms with Crippen molar-refractivity contribution in [1.82, 2.24) is 20.2 Å². The fourth-order valence-corrected chi connectivity index (χ4v) is 4.35. The average molecular weight is 478 g/mol. The fourth-order valence-electron chi connectivity index (χ4n) is 3.19. The van der Waals surface area contributed by atoms with Gasteiger partial charge in [-0.05, 0) is 18.1 Å². The minimum atomic E-state index is -1.28. The molecule has 0 radical (unpaired) electrons. The number of hydrogen-bond donors (Lipinski definition) is 3. The van der Waals surface area contributed by atoms with E-state index in [9.17, 15) is 22.8 Å². The van der Waals surface area contributed by atoms with E-state index >= 15 is 0 Å². The zero-order valence-electron chi connectivity index (χ0n) is 16.4. The Labute approximate surface area is 187 Å². The van der Waals surface area contributed by atoms with Crippen molar-refractivity contribution in [2.24, 2.45) is 5.73 Å². The number of nitrogens with two attached hydrogens (primary N) is 1. The minimum Gasteiger partial charge on any atom is -0.353 e. The highest BCUT2D eigenvalue weighted by atomic mass is 35.5. The first-order valence-electron chi connectivity index (χ1n) is 9.40. The van der Waals surface area contributed by atoms with E-state index in [0.29, 0.717) is 31.3 Å². The highest BCUT2D eigenvalue weighted by Gasteiger charge is 2.35. The van der Waals surface area contributed by atoms with Crippen LogP contribution < -0.4 is 11.1 Å². The molecule has 1 aliphatic heterocycles. The Kier molecular flexibility index (Phi) is 9.20. The minimum absolute atomic E-state index is 0. The molecule has 31 heavy (non-hydrogen) atoms. The number of thioether (sulfide) groups is 1. The zero-order valence-corrected chi connectivity index (χ0v) is 18.1. The number of rotatable bonds is 8. The number of benzene rings is 1. The molecule has 0 aliphatic carbocycles. The molecular formula is C19H23ClF3N5O2S. The van der Waals surface area contributed by atoms with Crippen LogP contribution in [0.1, 0.15) is 17.7 Å². The van der Waals surface area contributed by atoms with Crippen LogP contribution in [0.25, 0.3) is 0 Å². The van der Waals surface area contributed by atoms with E-state index in [-0.39, 0.29) is 42.6 Å². The fraction of sp³-hybridized carbons (Fsp3) is 0.421. The van der Waals surface area contributed by atoms with E-state index in [1.165, 1.54) is 16.7 Å². The van der Waals surface area contributed by atoms with Crippen molar-refractivity contribution >= 4 is 36.0 Å². The number of aromatic amines is 1. The molecule has 1 unspecified atom stereocenters. The summed E-state index contributed by atoms with van der Waals surface area (Å²) >= 11 is 1.35. The summed E-state index contributed by atoms with van der Waals surface area (Å²) in [6, 6.07) is 0.405. The second-order valence-corrected chi connectivity index (χ2v) is 8.14. The Balaban J connectivity index is 0.00000341. The Hall–Kier alpha value is -2.24. The molecule has 1 aromatic heterocycles. The summed E-state index contributed by atoms with van der Waals surface area (Å²) in [5, 5.41) is 2.14. The summed E-state index contributed by atoms with van der Waals surface area (Å²) in [5.74, 6) is -3.38. The van der Waals surface area contributed by atoms with Crippen LogP contribution in [0.4, 0.5) is 13.2 Å². The Morgan fingerprint density at radius 2 is 2.03 bits per heavy atom. The molecule has 2 heterocycles. The first kappa shape index (κ1) is 25.0. The van der Waals surface area contributed by atoms with Gasteiger partial charge in [-0.3, -0.25) is 9.59 Å². The Morgan fingerprint density at radius 1 is 1.29 bits per heavy atom. The molecule has 1 fully saturated rings. The SMILES string of the molecule is Cl.N[C@@H](CC(=O)N1CCSC1C(=O)NCCc1cnc[nH]1)Cc1cc(F)c(F)cc1F. The number of nitrogens with zero attached hydrogens (tertiary/aromatic N) is 2. The highest BCUT2D eigenvalue weighted by molar-refractivity contribution is 8.00. The number of nitrogens with one attached hydrogen (secondary N) is 2. The predicted molar refractivity (Wildman–Crippen MR) is 113 cm³/mol. The normalized spacial score (nSPS) is 16.6. The standard InChI is InChI=1S/C19H22F3N5O2S.ClH/c20-14-8-16(22)15(21)6-11(14)5-12(23)7-17(28)27-3-4-30-19(27)18(29)25-2-1-13-9-24-10-26-13;/h6,8-10,12,19H,1-5,7,23H2,(H,24,26)(H,25,29);1H/t12-,19?;/m1./s1. The van der Waals surface area contributed by atoms with E-state index in [1.807, 2.05) is 0 Å². The number of imidazole rings is 1. The van der Waals surface area contributed by atoms with Gasteiger partial charge in [-0.25, -0.2) is 18.2 Å². The van der Waals surface area contributed by atoms with Gasteiger partial charge in [-0.2, -0.15) is 0 Å². The lowest BCUT2D eigenvalue weighted by Crippen LogP contribution is -2.46. The number of aromatic nitrogens is 2. The molecule has 2 aromatic rings. The molecule has 2 amide bonds. The summed E-state index contributed by atoms with van der Waals surface area (Å²) < 4.78 is 40.2. The molecular weight excluding hydrogens is 455 g/mol. The Bertz CT molecular complexity index is 903. The van der Waals surface area contributed by atoms with Crippen LogP contribution in [0, 0.1) is 17.5 Å². The second kappa shape index (κ2) is 11.4. The molecule has 0 bridgehead atoms. The van der Waals surface area contributed by atoms with Crippen molar-refractivity contribution in [3.05, 3.63) is 53.4 Å². The maximum absolute atomic E-state index is 13.8. The quantitative estimate of drug-likeness (QED) is 0.503. The number of hydrogen-bond acceptors (Lipinski definition) is 5. The maximum Gasteiger partial charge on any atom is 0.253 e. The predicted octanol–water partition coefficient (Wildman–Crippen LogP) is 1.77. The summed E-state index contributed by atoms with van der Waals surface area (Å²) in [6.45, 7) is 0.795. The molecule has 1 aliphatic rings. The first-order chi connectivity index (χ1) is 14.3. The molecule has 0 spiro atoms. The summed E-state index contributed by atoms with van der Waals surface area (Å²) in [6.07, 6.45) is 3.54. The van der Waals surface area contributed by atoms with Gasteiger partial charge in [0.25, 0.3) is 5.91 Å². The van der Waals surface area contributed by atoms with E-state index < -0.39 is 28.9 Å². The zero-order chi connectivity index (χ0) is 21.7. The number of amides is 2. The largest absolute Gasteiger partial charge is 0.353 e. The van der Waals surface area contributed by atoms with Crippen molar-refractivity contribution in [1.29, 1.82) is 0 Å². The monoisotopic (exact) mass is 477 g/mol. The number of carbonyl (C=O) groups is 2. The summed E-state index contributed by atoms with van der Waals surface area (Å²) in [5.41, 5.74) is 6.73. The topological polar surface area (TPSA) is 104 Å². The summed E-state index contributed by atoms with van der Waals surface area (Å²) in [7, 11) is 0. The Morgan fingerprint density at radius 3 is 2.74 bits per heavy atom. The molecule has 7 nitrogen and oxygen atoms in total. The number of carbonyl (C=O) groups excluding carboxylic acids is 2.